The van der Waals surface area contributed by atoms with Crippen LogP contribution in [0.1, 0.15) is 12.5 Å². The quantitative estimate of drug-likeness (QED) is 0.765. The van der Waals surface area contributed by atoms with Gasteiger partial charge in [0, 0.05) is 17.0 Å². The van der Waals surface area contributed by atoms with Crippen molar-refractivity contribution >= 4 is 17.4 Å². The fraction of sp³-hybridized carbons (Fsp3) is 0.222. The standard InChI is InChI=1S/C9H9ClO2/c1-6(11)4-7-5-8(10)2-3-9(7)12/h2-3,5,12H,4H2,1H3. The van der Waals surface area contributed by atoms with Crippen molar-refractivity contribution in [3.63, 3.8) is 0 Å². The van der Waals surface area contributed by atoms with E-state index in [2.05, 4.69) is 0 Å². The zero-order chi connectivity index (χ0) is 9.14. The Morgan fingerprint density at radius 3 is 2.83 bits per heavy atom. The van der Waals surface area contributed by atoms with Crippen LogP contribution in [0.15, 0.2) is 18.2 Å². The van der Waals surface area contributed by atoms with Gasteiger partial charge in [-0.2, -0.15) is 0 Å². The Balaban J connectivity index is 2.97. The van der Waals surface area contributed by atoms with Crippen LogP contribution in [0, 0.1) is 0 Å². The summed E-state index contributed by atoms with van der Waals surface area (Å²) in [6, 6.07) is 4.67. The fourth-order valence-electron chi connectivity index (χ4n) is 0.964. The molecule has 0 amide bonds. The van der Waals surface area contributed by atoms with Crippen LogP contribution in [0.5, 0.6) is 5.75 Å². The summed E-state index contributed by atoms with van der Waals surface area (Å²) in [6.07, 6.45) is 0.229. The molecular formula is C9H9ClO2. The van der Waals surface area contributed by atoms with Gasteiger partial charge in [-0.3, -0.25) is 4.79 Å². The third kappa shape index (κ3) is 2.24. The fourth-order valence-corrected chi connectivity index (χ4v) is 1.16. The van der Waals surface area contributed by atoms with Gasteiger partial charge >= 0.3 is 0 Å². The van der Waals surface area contributed by atoms with E-state index >= 15 is 0 Å². The monoisotopic (exact) mass is 184 g/mol. The van der Waals surface area contributed by atoms with E-state index in [4.69, 9.17) is 11.6 Å². The van der Waals surface area contributed by atoms with Gasteiger partial charge in [-0.15, -0.1) is 0 Å². The van der Waals surface area contributed by atoms with Gasteiger partial charge in [0.1, 0.15) is 11.5 Å². The summed E-state index contributed by atoms with van der Waals surface area (Å²) in [5, 5.41) is 9.80. The Bertz CT molecular complexity index is 307. The van der Waals surface area contributed by atoms with Crippen molar-refractivity contribution in [2.45, 2.75) is 13.3 Å². The second kappa shape index (κ2) is 3.59. The Labute approximate surface area is 75.8 Å². The van der Waals surface area contributed by atoms with Gasteiger partial charge in [-0.1, -0.05) is 11.6 Å². The number of carbonyl (C=O) groups is 1. The van der Waals surface area contributed by atoms with Crippen LogP contribution in [0.4, 0.5) is 0 Å². The van der Waals surface area contributed by atoms with Crippen LogP contribution in [0.25, 0.3) is 0 Å². The van der Waals surface area contributed by atoms with Crippen LogP contribution in [-0.4, -0.2) is 10.9 Å². The SMILES string of the molecule is CC(=O)Cc1cc(Cl)ccc1O. The largest absolute Gasteiger partial charge is 0.508 e. The molecule has 0 bridgehead atoms. The number of ketones is 1. The molecule has 1 aromatic rings. The van der Waals surface area contributed by atoms with Crippen molar-refractivity contribution in [2.24, 2.45) is 0 Å². The number of benzene rings is 1. The molecule has 2 nitrogen and oxygen atoms in total. The maximum absolute atomic E-state index is 10.7. The van der Waals surface area contributed by atoms with Gasteiger partial charge in [0.05, 0.1) is 0 Å². The lowest BCUT2D eigenvalue weighted by molar-refractivity contribution is -0.116. The second-order valence-corrected chi connectivity index (χ2v) is 3.09. The highest BCUT2D eigenvalue weighted by Crippen LogP contribution is 2.21. The van der Waals surface area contributed by atoms with E-state index in [1.807, 2.05) is 0 Å². The number of halogens is 1. The second-order valence-electron chi connectivity index (χ2n) is 2.65. The zero-order valence-corrected chi connectivity index (χ0v) is 7.43. The summed E-state index contributed by atoms with van der Waals surface area (Å²) >= 11 is 5.68. The average Bonchev–Trinajstić information content (AvgIpc) is 1.96. The number of aromatic hydroxyl groups is 1. The number of carbonyl (C=O) groups excluding carboxylic acids is 1. The van der Waals surface area contributed by atoms with Crippen molar-refractivity contribution in [1.29, 1.82) is 0 Å². The summed E-state index contributed by atoms with van der Waals surface area (Å²) in [5.41, 5.74) is 0.579. The minimum Gasteiger partial charge on any atom is -0.508 e. The summed E-state index contributed by atoms with van der Waals surface area (Å²) in [4.78, 5) is 10.7. The minimum absolute atomic E-state index is 0.00701. The Hall–Kier alpha value is -1.02. The van der Waals surface area contributed by atoms with Gasteiger partial charge < -0.3 is 5.11 Å². The molecular weight excluding hydrogens is 176 g/mol. The maximum atomic E-state index is 10.7. The Kier molecular flexibility index (Phi) is 2.71. The summed E-state index contributed by atoms with van der Waals surface area (Å²) in [6.45, 7) is 1.47. The van der Waals surface area contributed by atoms with E-state index in [9.17, 15) is 9.90 Å². The molecule has 0 atom stereocenters. The number of hydrogen-bond acceptors (Lipinski definition) is 2. The van der Waals surface area contributed by atoms with Crippen molar-refractivity contribution in [1.82, 2.24) is 0 Å². The first kappa shape index (κ1) is 9.07. The first-order valence-electron chi connectivity index (χ1n) is 3.56. The predicted molar refractivity (Wildman–Crippen MR) is 47.5 cm³/mol. The third-order valence-electron chi connectivity index (χ3n) is 1.48. The summed E-state index contributed by atoms with van der Waals surface area (Å²) < 4.78 is 0. The van der Waals surface area contributed by atoms with Crippen LogP contribution < -0.4 is 0 Å². The van der Waals surface area contributed by atoms with Crippen molar-refractivity contribution in [2.75, 3.05) is 0 Å². The zero-order valence-electron chi connectivity index (χ0n) is 6.67. The maximum Gasteiger partial charge on any atom is 0.134 e. The first-order chi connectivity index (χ1) is 5.59. The van der Waals surface area contributed by atoms with Crippen molar-refractivity contribution in [3.8, 4) is 5.75 Å². The van der Waals surface area contributed by atoms with Gasteiger partial charge in [-0.25, -0.2) is 0 Å². The summed E-state index contributed by atoms with van der Waals surface area (Å²) in [5.74, 6) is 0.127. The molecule has 0 spiro atoms. The number of hydrogen-bond donors (Lipinski definition) is 1. The van der Waals surface area contributed by atoms with Crippen LogP contribution in [-0.2, 0) is 11.2 Å². The molecule has 3 heteroatoms. The number of rotatable bonds is 2. The molecule has 0 aromatic heterocycles. The molecule has 0 heterocycles. The molecule has 1 rings (SSSR count). The topological polar surface area (TPSA) is 37.3 Å². The molecule has 0 aliphatic rings. The molecule has 0 aliphatic heterocycles. The number of Topliss-reactive ketones (excluding diaryl/α,β-unsaturated/α-hetero) is 1. The van der Waals surface area contributed by atoms with Crippen LogP contribution in [0.3, 0.4) is 0 Å². The average molecular weight is 185 g/mol. The Morgan fingerprint density at radius 1 is 1.58 bits per heavy atom. The highest BCUT2D eigenvalue weighted by Gasteiger charge is 2.03. The normalized spacial score (nSPS) is 9.83. The van der Waals surface area contributed by atoms with E-state index < -0.39 is 0 Å². The van der Waals surface area contributed by atoms with E-state index in [1.54, 1.807) is 12.1 Å². The van der Waals surface area contributed by atoms with E-state index in [0.29, 0.717) is 10.6 Å². The molecule has 12 heavy (non-hydrogen) atoms. The van der Waals surface area contributed by atoms with Crippen LogP contribution in [0.2, 0.25) is 5.02 Å². The van der Waals surface area contributed by atoms with Gasteiger partial charge in [0.2, 0.25) is 0 Å². The first-order valence-corrected chi connectivity index (χ1v) is 3.94. The van der Waals surface area contributed by atoms with Gasteiger partial charge in [-0.05, 0) is 25.1 Å². The smallest absolute Gasteiger partial charge is 0.134 e. The van der Waals surface area contributed by atoms with Gasteiger partial charge in [0.15, 0.2) is 0 Å². The highest BCUT2D eigenvalue weighted by molar-refractivity contribution is 6.30. The molecule has 1 aromatic carbocycles. The van der Waals surface area contributed by atoms with Crippen molar-refractivity contribution in [3.05, 3.63) is 28.8 Å². The Morgan fingerprint density at radius 2 is 2.25 bits per heavy atom. The third-order valence-corrected chi connectivity index (χ3v) is 1.72. The lowest BCUT2D eigenvalue weighted by Crippen LogP contribution is -1.96. The highest BCUT2D eigenvalue weighted by atomic mass is 35.5. The molecule has 64 valence electrons. The molecule has 0 fully saturated rings. The van der Waals surface area contributed by atoms with Crippen LogP contribution >= 0.6 is 11.6 Å². The number of phenolic OH excluding ortho intramolecular Hbond substituents is 1. The van der Waals surface area contributed by atoms with Gasteiger partial charge in [0.25, 0.3) is 0 Å². The molecule has 1 N–H and O–H groups in total. The molecule has 0 aliphatic carbocycles. The molecule has 0 radical (unpaired) electrons. The van der Waals surface area contributed by atoms with Crippen molar-refractivity contribution < 1.29 is 9.90 Å². The van der Waals surface area contributed by atoms with E-state index in [0.717, 1.165) is 0 Å². The predicted octanol–water partition coefficient (Wildman–Crippen LogP) is 2.18. The van der Waals surface area contributed by atoms with E-state index in [-0.39, 0.29) is 18.0 Å². The molecule has 0 saturated heterocycles. The molecule has 0 unspecified atom stereocenters. The minimum atomic E-state index is 0.00701. The molecule has 0 saturated carbocycles. The summed E-state index contributed by atoms with van der Waals surface area (Å²) in [7, 11) is 0. The number of phenols is 1. The van der Waals surface area contributed by atoms with E-state index in [1.165, 1.54) is 13.0 Å². The lowest BCUT2D eigenvalue weighted by Gasteiger charge is -2.01. The lowest BCUT2D eigenvalue weighted by atomic mass is 10.1.